The third-order valence-electron chi connectivity index (χ3n) is 3.74. The lowest BCUT2D eigenvalue weighted by atomic mass is 9.82. The van der Waals surface area contributed by atoms with Crippen molar-refractivity contribution in [1.29, 1.82) is 0 Å². The highest BCUT2D eigenvalue weighted by Gasteiger charge is 2.50. The average molecular weight is 225 g/mol. The number of nitrogens with one attached hydrogen (secondary N) is 1. The van der Waals surface area contributed by atoms with Gasteiger partial charge in [-0.3, -0.25) is 0 Å². The number of rotatable bonds is 1. The van der Waals surface area contributed by atoms with Crippen LogP contribution in [0, 0.1) is 5.41 Å². The lowest BCUT2D eigenvalue weighted by Crippen LogP contribution is -2.45. The molecular weight excluding hydrogens is 202 g/mol. The van der Waals surface area contributed by atoms with Crippen LogP contribution in [0.2, 0.25) is 0 Å². The summed E-state index contributed by atoms with van der Waals surface area (Å²) in [6.45, 7) is 5.71. The Morgan fingerprint density at radius 1 is 1.25 bits per heavy atom. The molecule has 92 valence electrons. The maximum atomic E-state index is 11.7. The minimum Gasteiger partial charge on any atom is -0.444 e. The Hall–Kier alpha value is -0.730. The van der Waals surface area contributed by atoms with Crippen molar-refractivity contribution in [2.45, 2.75) is 70.9 Å². The molecule has 3 heteroatoms. The fourth-order valence-electron chi connectivity index (χ4n) is 2.74. The van der Waals surface area contributed by atoms with E-state index in [9.17, 15) is 4.79 Å². The number of alkyl carbamates (subject to hydrolysis) is 1. The number of hydrogen-bond donors (Lipinski definition) is 1. The second-order valence-corrected chi connectivity index (χ2v) is 6.31. The van der Waals surface area contributed by atoms with Gasteiger partial charge in [-0.15, -0.1) is 0 Å². The van der Waals surface area contributed by atoms with Crippen LogP contribution in [0.15, 0.2) is 0 Å². The van der Waals surface area contributed by atoms with Crippen LogP contribution in [0.4, 0.5) is 4.79 Å². The molecule has 1 amide bonds. The van der Waals surface area contributed by atoms with Crippen LogP contribution in [-0.4, -0.2) is 17.7 Å². The minimum absolute atomic E-state index is 0.245. The third kappa shape index (κ3) is 2.69. The summed E-state index contributed by atoms with van der Waals surface area (Å²) in [4.78, 5) is 11.7. The van der Waals surface area contributed by atoms with Crippen LogP contribution >= 0.6 is 0 Å². The summed E-state index contributed by atoms with van der Waals surface area (Å²) in [5.74, 6) is 0. The van der Waals surface area contributed by atoms with E-state index in [2.05, 4.69) is 5.32 Å². The van der Waals surface area contributed by atoms with Crippen molar-refractivity contribution in [2.24, 2.45) is 5.41 Å². The summed E-state index contributed by atoms with van der Waals surface area (Å²) < 4.78 is 5.31. The Labute approximate surface area is 97.9 Å². The molecule has 2 saturated carbocycles. The molecule has 0 bridgehead atoms. The molecule has 2 aliphatic carbocycles. The van der Waals surface area contributed by atoms with Gasteiger partial charge >= 0.3 is 6.09 Å². The molecule has 0 aromatic heterocycles. The van der Waals surface area contributed by atoms with Crippen LogP contribution in [0.1, 0.15) is 59.3 Å². The van der Waals surface area contributed by atoms with E-state index >= 15 is 0 Å². The highest BCUT2D eigenvalue weighted by atomic mass is 16.6. The molecule has 0 aromatic carbocycles. The van der Waals surface area contributed by atoms with Gasteiger partial charge in [0.2, 0.25) is 0 Å². The first-order valence-electron chi connectivity index (χ1n) is 6.41. The zero-order chi connectivity index (χ0) is 11.8. The normalized spacial score (nSPS) is 27.6. The van der Waals surface area contributed by atoms with Gasteiger partial charge < -0.3 is 10.1 Å². The van der Waals surface area contributed by atoms with Gasteiger partial charge in [0.25, 0.3) is 0 Å². The Bertz CT molecular complexity index is 276. The molecular formula is C13H23NO2. The van der Waals surface area contributed by atoms with Crippen LogP contribution in [-0.2, 0) is 4.74 Å². The first-order chi connectivity index (χ1) is 7.41. The van der Waals surface area contributed by atoms with Crippen LogP contribution in [0.5, 0.6) is 0 Å². The van der Waals surface area contributed by atoms with E-state index < -0.39 is 5.60 Å². The van der Waals surface area contributed by atoms with Gasteiger partial charge in [0.1, 0.15) is 5.60 Å². The molecule has 1 unspecified atom stereocenters. The van der Waals surface area contributed by atoms with Gasteiger partial charge in [0, 0.05) is 6.04 Å². The first-order valence-corrected chi connectivity index (χ1v) is 6.41. The van der Waals surface area contributed by atoms with E-state index in [-0.39, 0.29) is 6.09 Å². The molecule has 1 spiro atoms. The molecule has 16 heavy (non-hydrogen) atoms. The van der Waals surface area contributed by atoms with Gasteiger partial charge in [-0.05, 0) is 51.9 Å². The molecule has 2 rings (SSSR count). The van der Waals surface area contributed by atoms with Crippen molar-refractivity contribution in [3.05, 3.63) is 0 Å². The maximum absolute atomic E-state index is 11.7. The standard InChI is InChI=1S/C13H23NO2/c1-12(2,3)16-11(15)14-10-6-4-5-7-13(10)8-9-13/h10H,4-9H2,1-3H3,(H,14,15). The van der Waals surface area contributed by atoms with Crippen molar-refractivity contribution in [2.75, 3.05) is 0 Å². The van der Waals surface area contributed by atoms with E-state index in [1.54, 1.807) is 0 Å². The van der Waals surface area contributed by atoms with Crippen molar-refractivity contribution in [3.63, 3.8) is 0 Å². The zero-order valence-electron chi connectivity index (χ0n) is 10.6. The highest BCUT2D eigenvalue weighted by Crippen LogP contribution is 2.56. The fourth-order valence-corrected chi connectivity index (χ4v) is 2.74. The first kappa shape index (κ1) is 11.7. The van der Waals surface area contributed by atoms with Crippen molar-refractivity contribution in [1.82, 2.24) is 5.32 Å². The number of carbonyl (C=O) groups excluding carboxylic acids is 1. The molecule has 2 aliphatic rings. The van der Waals surface area contributed by atoms with Crippen molar-refractivity contribution in [3.8, 4) is 0 Å². The topological polar surface area (TPSA) is 38.3 Å². The smallest absolute Gasteiger partial charge is 0.407 e. The number of ether oxygens (including phenoxy) is 1. The Kier molecular flexibility index (Phi) is 2.89. The van der Waals surface area contributed by atoms with E-state index in [4.69, 9.17) is 4.74 Å². The second kappa shape index (κ2) is 3.94. The summed E-state index contributed by atoms with van der Waals surface area (Å²) in [6, 6.07) is 0.357. The van der Waals surface area contributed by atoms with Crippen molar-refractivity contribution < 1.29 is 9.53 Å². The Morgan fingerprint density at radius 2 is 1.94 bits per heavy atom. The SMILES string of the molecule is CC(C)(C)OC(=O)NC1CCCCC12CC2. The lowest BCUT2D eigenvalue weighted by Gasteiger charge is -2.33. The highest BCUT2D eigenvalue weighted by molar-refractivity contribution is 5.68. The van der Waals surface area contributed by atoms with Gasteiger partial charge in [-0.2, -0.15) is 0 Å². The van der Waals surface area contributed by atoms with Gasteiger partial charge in [0.15, 0.2) is 0 Å². The molecule has 0 saturated heterocycles. The maximum Gasteiger partial charge on any atom is 0.407 e. The van der Waals surface area contributed by atoms with Crippen LogP contribution < -0.4 is 5.32 Å². The van der Waals surface area contributed by atoms with E-state index in [1.807, 2.05) is 20.8 Å². The predicted octanol–water partition coefficient (Wildman–Crippen LogP) is 3.23. The van der Waals surface area contributed by atoms with Crippen LogP contribution in [0.25, 0.3) is 0 Å². The second-order valence-electron chi connectivity index (χ2n) is 6.31. The summed E-state index contributed by atoms with van der Waals surface area (Å²) >= 11 is 0. The summed E-state index contributed by atoms with van der Waals surface area (Å²) in [6.07, 6.45) is 7.30. The van der Waals surface area contributed by atoms with Crippen molar-refractivity contribution >= 4 is 6.09 Å². The lowest BCUT2D eigenvalue weighted by molar-refractivity contribution is 0.0459. The molecule has 1 N–H and O–H groups in total. The molecule has 3 nitrogen and oxygen atoms in total. The minimum atomic E-state index is -0.393. The summed E-state index contributed by atoms with van der Waals surface area (Å²) in [7, 11) is 0. The Morgan fingerprint density at radius 3 is 2.50 bits per heavy atom. The van der Waals surface area contributed by atoms with Crippen LogP contribution in [0.3, 0.4) is 0 Å². The summed E-state index contributed by atoms with van der Waals surface area (Å²) in [5.41, 5.74) is 0.0462. The molecule has 1 atom stereocenters. The fraction of sp³-hybridized carbons (Fsp3) is 0.923. The number of hydrogen-bond acceptors (Lipinski definition) is 2. The number of carbonyl (C=O) groups is 1. The molecule has 2 fully saturated rings. The summed E-state index contributed by atoms with van der Waals surface area (Å²) in [5, 5.41) is 3.07. The molecule has 0 aromatic rings. The monoisotopic (exact) mass is 225 g/mol. The molecule has 0 heterocycles. The van der Waals surface area contributed by atoms with Gasteiger partial charge in [-0.1, -0.05) is 12.8 Å². The van der Waals surface area contributed by atoms with E-state index in [0.717, 1.165) is 6.42 Å². The van der Waals surface area contributed by atoms with E-state index in [0.29, 0.717) is 11.5 Å². The quantitative estimate of drug-likeness (QED) is 0.744. The average Bonchev–Trinajstić information content (AvgIpc) is 2.87. The third-order valence-corrected chi connectivity index (χ3v) is 3.74. The predicted molar refractivity (Wildman–Crippen MR) is 63.3 cm³/mol. The Balaban J connectivity index is 1.86. The molecule has 0 aliphatic heterocycles. The van der Waals surface area contributed by atoms with Gasteiger partial charge in [-0.25, -0.2) is 4.79 Å². The molecule has 0 radical (unpaired) electrons. The largest absolute Gasteiger partial charge is 0.444 e. The zero-order valence-corrected chi connectivity index (χ0v) is 10.6. The van der Waals surface area contributed by atoms with Gasteiger partial charge in [0.05, 0.1) is 0 Å². The number of amides is 1. The van der Waals surface area contributed by atoms with E-state index in [1.165, 1.54) is 32.1 Å².